The van der Waals surface area contributed by atoms with Crippen LogP contribution in [0.4, 0.5) is 0 Å². The number of rotatable bonds is 2. The van der Waals surface area contributed by atoms with Gasteiger partial charge in [0.25, 0.3) is 0 Å². The molecule has 0 aliphatic heterocycles. The van der Waals surface area contributed by atoms with Gasteiger partial charge in [0, 0.05) is 12.1 Å². The van der Waals surface area contributed by atoms with E-state index in [0.717, 1.165) is 11.3 Å². The van der Waals surface area contributed by atoms with E-state index in [0.29, 0.717) is 11.6 Å². The number of fused-ring (bicyclic) bond motifs is 1. The molecule has 0 spiro atoms. The first-order chi connectivity index (χ1) is 9.29. The highest BCUT2D eigenvalue weighted by Crippen LogP contribution is 2.32. The van der Waals surface area contributed by atoms with Crippen molar-refractivity contribution >= 4 is 11.6 Å². The molecule has 0 atom stereocenters. The van der Waals surface area contributed by atoms with Crippen molar-refractivity contribution in [2.75, 3.05) is 7.11 Å². The summed E-state index contributed by atoms with van der Waals surface area (Å²) in [7, 11) is 1.40. The third kappa shape index (κ3) is 2.23. The van der Waals surface area contributed by atoms with Gasteiger partial charge in [-0.05, 0) is 25.0 Å². The van der Waals surface area contributed by atoms with E-state index in [9.17, 15) is 4.79 Å². The van der Waals surface area contributed by atoms with Gasteiger partial charge in [-0.25, -0.2) is 9.78 Å². The minimum atomic E-state index is -0.321. The molecule has 100 valence electrons. The Labute approximate surface area is 112 Å². The second kappa shape index (κ2) is 5.03. The standard InChI is InChI=1S/C15H18N2O2/c1-19-15(18)13-8-5-9-14-16-12(10-17(13)14)11-6-3-2-4-7-11/h5,8-11H,2-4,6-7H2,1H3. The second-order valence-corrected chi connectivity index (χ2v) is 5.13. The van der Waals surface area contributed by atoms with E-state index in [1.54, 1.807) is 6.07 Å². The molecule has 19 heavy (non-hydrogen) atoms. The maximum atomic E-state index is 11.7. The van der Waals surface area contributed by atoms with Crippen molar-refractivity contribution in [2.45, 2.75) is 38.0 Å². The number of carbonyl (C=O) groups excluding carboxylic acids is 1. The molecular formula is C15H18N2O2. The smallest absolute Gasteiger partial charge is 0.355 e. The summed E-state index contributed by atoms with van der Waals surface area (Å²) in [6.45, 7) is 0. The van der Waals surface area contributed by atoms with Crippen molar-refractivity contribution in [1.29, 1.82) is 0 Å². The average Bonchev–Trinajstić information content (AvgIpc) is 2.91. The van der Waals surface area contributed by atoms with Crippen molar-refractivity contribution in [1.82, 2.24) is 9.38 Å². The minimum absolute atomic E-state index is 0.321. The van der Waals surface area contributed by atoms with E-state index in [2.05, 4.69) is 4.98 Å². The summed E-state index contributed by atoms with van der Waals surface area (Å²) in [6.07, 6.45) is 8.30. The van der Waals surface area contributed by atoms with Gasteiger partial charge in [0.2, 0.25) is 0 Å². The fraction of sp³-hybridized carbons (Fsp3) is 0.467. The van der Waals surface area contributed by atoms with Gasteiger partial charge in [0.1, 0.15) is 11.3 Å². The first kappa shape index (κ1) is 12.2. The SMILES string of the molecule is COC(=O)c1cccc2nc(C3CCCCC3)cn12. The van der Waals surface area contributed by atoms with Crippen LogP contribution < -0.4 is 0 Å². The van der Waals surface area contributed by atoms with Gasteiger partial charge in [-0.15, -0.1) is 0 Å². The van der Waals surface area contributed by atoms with Crippen LogP contribution in [0.2, 0.25) is 0 Å². The first-order valence-corrected chi connectivity index (χ1v) is 6.86. The lowest BCUT2D eigenvalue weighted by molar-refractivity contribution is 0.0592. The highest BCUT2D eigenvalue weighted by molar-refractivity contribution is 5.88. The zero-order valence-corrected chi connectivity index (χ0v) is 11.1. The second-order valence-electron chi connectivity index (χ2n) is 5.13. The maximum Gasteiger partial charge on any atom is 0.355 e. The molecule has 0 bridgehead atoms. The fourth-order valence-electron chi connectivity index (χ4n) is 2.90. The van der Waals surface area contributed by atoms with Crippen molar-refractivity contribution in [3.8, 4) is 0 Å². The molecule has 2 aromatic heterocycles. The van der Waals surface area contributed by atoms with Crippen LogP contribution in [0.25, 0.3) is 5.65 Å². The summed E-state index contributed by atoms with van der Waals surface area (Å²) in [4.78, 5) is 16.4. The van der Waals surface area contributed by atoms with Crippen LogP contribution in [-0.2, 0) is 4.74 Å². The molecule has 2 heterocycles. The zero-order chi connectivity index (χ0) is 13.2. The predicted octanol–water partition coefficient (Wildman–Crippen LogP) is 3.17. The van der Waals surface area contributed by atoms with Crippen LogP contribution in [0, 0.1) is 0 Å². The molecule has 0 aromatic carbocycles. The summed E-state index contributed by atoms with van der Waals surface area (Å²) in [5.41, 5.74) is 2.47. The number of hydrogen-bond donors (Lipinski definition) is 0. The third-order valence-electron chi connectivity index (χ3n) is 3.93. The Balaban J connectivity index is 2.02. The zero-order valence-electron chi connectivity index (χ0n) is 11.1. The van der Waals surface area contributed by atoms with Gasteiger partial charge in [-0.2, -0.15) is 0 Å². The normalized spacial score (nSPS) is 16.7. The quantitative estimate of drug-likeness (QED) is 0.777. The molecule has 0 saturated heterocycles. The molecule has 1 saturated carbocycles. The number of pyridine rings is 1. The van der Waals surface area contributed by atoms with Gasteiger partial charge in [-0.1, -0.05) is 25.3 Å². The molecule has 1 aliphatic rings. The first-order valence-electron chi connectivity index (χ1n) is 6.86. The highest BCUT2D eigenvalue weighted by Gasteiger charge is 2.20. The largest absolute Gasteiger partial charge is 0.464 e. The maximum absolute atomic E-state index is 11.7. The Hall–Kier alpha value is -1.84. The monoisotopic (exact) mass is 258 g/mol. The van der Waals surface area contributed by atoms with Crippen LogP contribution in [0.1, 0.15) is 54.2 Å². The molecule has 1 aliphatic carbocycles. The van der Waals surface area contributed by atoms with E-state index in [1.165, 1.54) is 39.2 Å². The lowest BCUT2D eigenvalue weighted by Crippen LogP contribution is -2.07. The van der Waals surface area contributed by atoms with Crippen LogP contribution in [-0.4, -0.2) is 22.5 Å². The van der Waals surface area contributed by atoms with E-state index in [4.69, 9.17) is 4.74 Å². The Kier molecular flexibility index (Phi) is 3.23. The highest BCUT2D eigenvalue weighted by atomic mass is 16.5. The molecule has 4 heteroatoms. The number of methoxy groups -OCH3 is 1. The molecule has 1 fully saturated rings. The Morgan fingerprint density at radius 3 is 2.84 bits per heavy atom. The number of nitrogens with zero attached hydrogens (tertiary/aromatic N) is 2. The van der Waals surface area contributed by atoms with Gasteiger partial charge in [0.15, 0.2) is 0 Å². The fourth-order valence-corrected chi connectivity index (χ4v) is 2.90. The summed E-state index contributed by atoms with van der Waals surface area (Å²) in [6, 6.07) is 5.54. The minimum Gasteiger partial charge on any atom is -0.464 e. The number of hydrogen-bond acceptors (Lipinski definition) is 3. The number of aromatic nitrogens is 2. The lowest BCUT2D eigenvalue weighted by Gasteiger charge is -2.19. The van der Waals surface area contributed by atoms with Gasteiger partial charge in [0.05, 0.1) is 12.8 Å². The van der Waals surface area contributed by atoms with Crippen LogP contribution in [0.3, 0.4) is 0 Å². The number of esters is 1. The van der Waals surface area contributed by atoms with Crippen LogP contribution >= 0.6 is 0 Å². The third-order valence-corrected chi connectivity index (χ3v) is 3.93. The number of ether oxygens (including phenoxy) is 1. The van der Waals surface area contributed by atoms with Crippen molar-refractivity contribution in [2.24, 2.45) is 0 Å². The summed E-state index contributed by atoms with van der Waals surface area (Å²) in [5.74, 6) is 0.220. The summed E-state index contributed by atoms with van der Waals surface area (Å²) >= 11 is 0. The van der Waals surface area contributed by atoms with E-state index in [-0.39, 0.29) is 5.97 Å². The Morgan fingerprint density at radius 1 is 1.32 bits per heavy atom. The average molecular weight is 258 g/mol. The summed E-state index contributed by atoms with van der Waals surface area (Å²) < 4.78 is 6.65. The van der Waals surface area contributed by atoms with Gasteiger partial charge in [-0.3, -0.25) is 4.40 Å². The number of imidazole rings is 1. The lowest BCUT2D eigenvalue weighted by atomic mass is 9.87. The molecule has 0 unspecified atom stereocenters. The van der Waals surface area contributed by atoms with E-state index in [1.807, 2.05) is 22.7 Å². The Bertz CT molecular complexity index is 597. The van der Waals surface area contributed by atoms with Crippen molar-refractivity contribution < 1.29 is 9.53 Å². The summed E-state index contributed by atoms with van der Waals surface area (Å²) in [5, 5.41) is 0. The van der Waals surface area contributed by atoms with Crippen molar-refractivity contribution in [3.63, 3.8) is 0 Å². The van der Waals surface area contributed by atoms with E-state index >= 15 is 0 Å². The molecule has 3 rings (SSSR count). The Morgan fingerprint density at radius 2 is 2.11 bits per heavy atom. The van der Waals surface area contributed by atoms with E-state index < -0.39 is 0 Å². The molecule has 0 radical (unpaired) electrons. The van der Waals surface area contributed by atoms with Crippen molar-refractivity contribution in [3.05, 3.63) is 35.8 Å². The topological polar surface area (TPSA) is 43.6 Å². The molecule has 0 N–H and O–H groups in total. The van der Waals surface area contributed by atoms with Gasteiger partial charge >= 0.3 is 5.97 Å². The van der Waals surface area contributed by atoms with Crippen LogP contribution in [0.5, 0.6) is 0 Å². The number of carbonyl (C=O) groups is 1. The van der Waals surface area contributed by atoms with Gasteiger partial charge < -0.3 is 4.74 Å². The molecule has 2 aromatic rings. The molecule has 0 amide bonds. The predicted molar refractivity (Wildman–Crippen MR) is 72.4 cm³/mol. The molecule has 4 nitrogen and oxygen atoms in total. The molecular weight excluding hydrogens is 240 g/mol. The van der Waals surface area contributed by atoms with Crippen LogP contribution in [0.15, 0.2) is 24.4 Å².